The van der Waals surface area contributed by atoms with Crippen LogP contribution in [0, 0.1) is 0 Å². The maximum Gasteiger partial charge on any atom is 0.308 e. The molecule has 0 heterocycles. The van der Waals surface area contributed by atoms with E-state index in [1.54, 1.807) is 0 Å². The standard InChI is InChI=1S/C9H11O2Si/c1-7(10)11-9-4-2-8(6-12)3-5-9/h2-5H,6,12H2,1H3/q+1. The molecule has 0 spiro atoms. The van der Waals surface area contributed by atoms with E-state index in [2.05, 4.69) is 0 Å². The maximum atomic E-state index is 10.5. The van der Waals surface area contributed by atoms with Crippen molar-refractivity contribution in [2.24, 2.45) is 0 Å². The molecule has 0 radical (unpaired) electrons. The van der Waals surface area contributed by atoms with Gasteiger partial charge in [0.2, 0.25) is 0 Å². The van der Waals surface area contributed by atoms with Crippen molar-refractivity contribution in [3.63, 3.8) is 0 Å². The summed E-state index contributed by atoms with van der Waals surface area (Å²) in [4.78, 5) is 10.5. The van der Waals surface area contributed by atoms with E-state index in [0.29, 0.717) is 5.75 Å². The van der Waals surface area contributed by atoms with Crippen LogP contribution in [0.3, 0.4) is 0 Å². The van der Waals surface area contributed by atoms with Crippen LogP contribution < -0.4 is 4.74 Å². The topological polar surface area (TPSA) is 26.3 Å². The Morgan fingerprint density at radius 2 is 2.00 bits per heavy atom. The van der Waals surface area contributed by atoms with Crippen LogP contribution >= 0.6 is 0 Å². The molecule has 0 amide bonds. The lowest BCUT2D eigenvalue weighted by atomic mass is 10.2. The molecular weight excluding hydrogens is 168 g/mol. The Morgan fingerprint density at radius 3 is 2.42 bits per heavy atom. The minimum atomic E-state index is -0.277. The number of ether oxygens (including phenoxy) is 1. The first kappa shape index (κ1) is 9.00. The third-order valence-corrected chi connectivity index (χ3v) is 2.05. The predicted octanol–water partition coefficient (Wildman–Crippen LogP) is 0.745. The molecule has 0 unspecified atom stereocenters. The molecule has 1 aromatic carbocycles. The normalized spacial score (nSPS) is 9.42. The van der Waals surface area contributed by atoms with Crippen molar-refractivity contribution in [3.8, 4) is 5.75 Å². The van der Waals surface area contributed by atoms with Crippen molar-refractivity contribution in [3.05, 3.63) is 29.8 Å². The van der Waals surface area contributed by atoms with Gasteiger partial charge < -0.3 is 4.74 Å². The van der Waals surface area contributed by atoms with E-state index < -0.39 is 0 Å². The largest absolute Gasteiger partial charge is 0.427 e. The number of rotatable bonds is 2. The van der Waals surface area contributed by atoms with Gasteiger partial charge >= 0.3 is 5.97 Å². The minimum absolute atomic E-state index is 0.277. The van der Waals surface area contributed by atoms with E-state index in [0.717, 1.165) is 6.04 Å². The van der Waals surface area contributed by atoms with Crippen molar-refractivity contribution in [1.29, 1.82) is 0 Å². The predicted molar refractivity (Wildman–Crippen MR) is 50.0 cm³/mol. The third kappa shape index (κ3) is 2.51. The molecule has 0 saturated heterocycles. The quantitative estimate of drug-likeness (QED) is 0.380. The molecule has 1 rings (SSSR count). The Balaban J connectivity index is 2.71. The second-order valence-electron chi connectivity index (χ2n) is 2.49. The smallest absolute Gasteiger partial charge is 0.308 e. The molecule has 12 heavy (non-hydrogen) atoms. The molecule has 0 fully saturated rings. The van der Waals surface area contributed by atoms with Crippen LogP contribution in [0.2, 0.25) is 0 Å². The Labute approximate surface area is 75.0 Å². The van der Waals surface area contributed by atoms with Gasteiger partial charge in [-0.25, -0.2) is 0 Å². The molecule has 3 heteroatoms. The van der Waals surface area contributed by atoms with Crippen LogP contribution in [0.25, 0.3) is 0 Å². The minimum Gasteiger partial charge on any atom is -0.427 e. The van der Waals surface area contributed by atoms with Crippen molar-refractivity contribution in [1.82, 2.24) is 0 Å². The van der Waals surface area contributed by atoms with Gasteiger partial charge in [0.05, 0.1) is 6.04 Å². The molecule has 0 aromatic heterocycles. The Kier molecular flexibility index (Phi) is 3.05. The number of carbonyl (C=O) groups is 1. The molecule has 0 bridgehead atoms. The van der Waals surface area contributed by atoms with Gasteiger partial charge in [-0.2, -0.15) is 0 Å². The third-order valence-electron chi connectivity index (χ3n) is 1.47. The highest BCUT2D eigenvalue weighted by atomic mass is 28.1. The zero-order valence-corrected chi connectivity index (χ0v) is 8.45. The lowest BCUT2D eigenvalue weighted by Gasteiger charge is -2.00. The van der Waals surface area contributed by atoms with Crippen LogP contribution in [0.1, 0.15) is 12.5 Å². The highest BCUT2D eigenvalue weighted by Crippen LogP contribution is 2.11. The number of benzene rings is 1. The Bertz CT molecular complexity index is 266. The van der Waals surface area contributed by atoms with Gasteiger partial charge in [0, 0.05) is 6.92 Å². The first-order chi connectivity index (χ1) is 5.72. The highest BCUT2D eigenvalue weighted by Gasteiger charge is 1.97. The van der Waals surface area contributed by atoms with Crippen molar-refractivity contribution < 1.29 is 9.53 Å². The van der Waals surface area contributed by atoms with E-state index >= 15 is 0 Å². The average molecular weight is 179 g/mol. The number of carbonyl (C=O) groups excluding carboxylic acids is 1. The molecule has 0 aliphatic carbocycles. The number of esters is 1. The summed E-state index contributed by atoms with van der Waals surface area (Å²) >= 11 is 0. The fourth-order valence-electron chi connectivity index (χ4n) is 0.890. The van der Waals surface area contributed by atoms with E-state index in [9.17, 15) is 4.79 Å². The molecule has 0 atom stereocenters. The summed E-state index contributed by atoms with van der Waals surface area (Å²) in [5.41, 5.74) is 1.25. The summed E-state index contributed by atoms with van der Waals surface area (Å²) in [5, 5.41) is 0. The van der Waals surface area contributed by atoms with Gasteiger partial charge in [0.25, 0.3) is 10.2 Å². The Hall–Kier alpha value is -1.09. The molecule has 62 valence electrons. The molecule has 2 nitrogen and oxygen atoms in total. The number of hydrogen-bond donors (Lipinski definition) is 0. The summed E-state index contributed by atoms with van der Waals surface area (Å²) in [5.74, 6) is 0.337. The van der Waals surface area contributed by atoms with Crippen LogP contribution in [0.5, 0.6) is 5.75 Å². The lowest BCUT2D eigenvalue weighted by Crippen LogP contribution is -2.01. The summed E-state index contributed by atoms with van der Waals surface area (Å²) in [6.07, 6.45) is 0. The van der Waals surface area contributed by atoms with Crippen LogP contribution in [-0.2, 0) is 10.8 Å². The van der Waals surface area contributed by atoms with Crippen LogP contribution in [-0.4, -0.2) is 16.2 Å². The first-order valence-electron chi connectivity index (χ1n) is 3.79. The van der Waals surface area contributed by atoms with Crippen molar-refractivity contribution >= 4 is 16.2 Å². The molecule has 1 aromatic rings. The monoisotopic (exact) mass is 179 g/mol. The second-order valence-corrected chi connectivity index (χ2v) is 2.99. The van der Waals surface area contributed by atoms with Gasteiger partial charge in [-0.05, 0) is 17.7 Å². The zero-order valence-electron chi connectivity index (χ0n) is 7.04. The van der Waals surface area contributed by atoms with Crippen LogP contribution in [0.4, 0.5) is 0 Å². The van der Waals surface area contributed by atoms with Gasteiger partial charge in [0.1, 0.15) is 5.75 Å². The molecule has 0 N–H and O–H groups in total. The summed E-state index contributed by atoms with van der Waals surface area (Å²) in [7, 11) is 1.90. The molecule has 0 aliphatic rings. The van der Waals surface area contributed by atoms with E-state index in [1.165, 1.54) is 12.5 Å². The first-order valence-corrected chi connectivity index (χ1v) is 4.79. The maximum absolute atomic E-state index is 10.5. The van der Waals surface area contributed by atoms with Gasteiger partial charge in [-0.1, -0.05) is 12.1 Å². The van der Waals surface area contributed by atoms with Gasteiger partial charge in [-0.3, -0.25) is 4.79 Å². The van der Waals surface area contributed by atoms with Crippen molar-refractivity contribution in [2.75, 3.05) is 0 Å². The zero-order chi connectivity index (χ0) is 8.97. The Morgan fingerprint density at radius 1 is 1.42 bits per heavy atom. The summed E-state index contributed by atoms with van der Waals surface area (Å²) < 4.78 is 4.88. The fraction of sp³-hybridized carbons (Fsp3) is 0.222. The second kappa shape index (κ2) is 4.06. The number of hydrogen-bond acceptors (Lipinski definition) is 2. The molecule has 0 aliphatic heterocycles. The SMILES string of the molecule is CC(=O)Oc1ccc(C[SiH2+])cc1. The highest BCUT2D eigenvalue weighted by molar-refractivity contribution is 6.08. The van der Waals surface area contributed by atoms with E-state index in [1.807, 2.05) is 34.5 Å². The van der Waals surface area contributed by atoms with Crippen molar-refractivity contribution in [2.45, 2.75) is 13.0 Å². The van der Waals surface area contributed by atoms with Crippen LogP contribution in [0.15, 0.2) is 24.3 Å². The van der Waals surface area contributed by atoms with Gasteiger partial charge in [0.15, 0.2) is 0 Å². The van der Waals surface area contributed by atoms with Gasteiger partial charge in [-0.15, -0.1) is 0 Å². The average Bonchev–Trinajstić information content (AvgIpc) is 2.05. The van der Waals surface area contributed by atoms with E-state index in [4.69, 9.17) is 4.74 Å². The lowest BCUT2D eigenvalue weighted by molar-refractivity contribution is -0.131. The summed E-state index contributed by atoms with van der Waals surface area (Å²) in [6, 6.07) is 8.58. The summed E-state index contributed by atoms with van der Waals surface area (Å²) in [6.45, 7) is 1.40. The molecular formula is C9H11O2Si+. The van der Waals surface area contributed by atoms with E-state index in [-0.39, 0.29) is 5.97 Å². The molecule has 0 saturated carbocycles. The fourth-order valence-corrected chi connectivity index (χ4v) is 1.22.